The highest BCUT2D eigenvalue weighted by Crippen LogP contribution is 2.47. The molecule has 0 aromatic heterocycles. The largest absolute Gasteiger partial charge is 0.462 e. The van der Waals surface area contributed by atoms with Crippen LogP contribution in [0, 0.1) is 0 Å². The Labute approximate surface area is 535 Å². The molecule has 0 aromatic rings. The van der Waals surface area contributed by atoms with E-state index in [1.54, 1.807) is 0 Å². The van der Waals surface area contributed by atoms with Gasteiger partial charge >= 0.3 is 31.5 Å². The summed E-state index contributed by atoms with van der Waals surface area (Å²) in [5, 5.41) is -0.395. The highest BCUT2D eigenvalue weighted by Gasteiger charge is 2.46. The summed E-state index contributed by atoms with van der Waals surface area (Å²) in [6.45, 7) is 17.2. The zero-order chi connectivity index (χ0) is 64.5. The second kappa shape index (κ2) is 58.0. The molecule has 2 N–H and O–H groups in total. The fraction of sp³-hybridized carbons (Fsp3) is 0.944. The fourth-order valence-corrected chi connectivity index (χ4v) is 12.9. The molecule has 0 bridgehead atoms. The van der Waals surface area contributed by atoms with E-state index in [0.29, 0.717) is 25.7 Å². The summed E-state index contributed by atoms with van der Waals surface area (Å²) >= 11 is 0. The second-order valence-corrected chi connectivity index (χ2v) is 33.4. The van der Waals surface area contributed by atoms with Crippen molar-refractivity contribution in [1.29, 1.82) is 0 Å². The van der Waals surface area contributed by atoms with E-state index in [9.17, 15) is 33.5 Å². The quantitative estimate of drug-likeness (QED) is 0.0192. The van der Waals surface area contributed by atoms with E-state index in [1.807, 2.05) is 33.9 Å². The summed E-state index contributed by atoms with van der Waals surface area (Å²) in [6.07, 6.45) is 47.6. The van der Waals surface area contributed by atoms with Crippen LogP contribution in [-0.2, 0) is 56.6 Å². The van der Waals surface area contributed by atoms with Gasteiger partial charge in [-0.1, -0.05) is 305 Å². The first-order chi connectivity index (χ1) is 41.8. The third kappa shape index (κ3) is 53.4. The van der Waals surface area contributed by atoms with Gasteiger partial charge in [-0.3, -0.25) is 23.7 Å². The molecule has 0 rings (SSSR count). The summed E-state index contributed by atoms with van der Waals surface area (Å²) in [7, 11) is -7.96. The summed E-state index contributed by atoms with van der Waals surface area (Å²) in [4.78, 5) is 75.1. The van der Waals surface area contributed by atoms with Gasteiger partial charge in [-0.05, 0) is 43.8 Å². The molecule has 0 aliphatic rings. The van der Waals surface area contributed by atoms with E-state index >= 15 is 0 Å². The number of carbonyl (C=O) groups is 4. The minimum absolute atomic E-state index is 0.146. The van der Waals surface area contributed by atoms with Gasteiger partial charge in [0.1, 0.15) is 19.3 Å². The van der Waals surface area contributed by atoms with E-state index in [-0.39, 0.29) is 58.1 Å². The Morgan fingerprint density at radius 1 is 0.368 bits per heavy atom. The minimum atomic E-state index is -5.15. The first-order valence-corrected chi connectivity index (χ1v) is 41.0. The molecule has 0 saturated heterocycles. The second-order valence-electron chi connectivity index (χ2n) is 27.0. The Bertz CT molecular complexity index is 1650. The molecule has 16 heteroatoms. The first kappa shape index (κ1) is 85.1. The van der Waals surface area contributed by atoms with Crippen molar-refractivity contribution < 1.29 is 66.4 Å². The van der Waals surface area contributed by atoms with Crippen LogP contribution in [0.5, 0.6) is 0 Å². The van der Waals surface area contributed by atoms with Crippen molar-refractivity contribution in [3.05, 3.63) is 0 Å². The maximum absolute atomic E-state index is 13.6. The zero-order valence-electron chi connectivity index (χ0n) is 58.0. The summed E-state index contributed by atoms with van der Waals surface area (Å²) < 4.78 is 55.9. The lowest BCUT2D eigenvalue weighted by atomic mass is 10.1. The van der Waals surface area contributed by atoms with E-state index < -0.39 is 69.6 Å². The van der Waals surface area contributed by atoms with Crippen LogP contribution in [0.15, 0.2) is 0 Å². The molecule has 0 spiro atoms. The van der Waals surface area contributed by atoms with E-state index in [0.717, 1.165) is 77.0 Å². The average molecular weight is 1280 g/mol. The Morgan fingerprint density at radius 2 is 0.621 bits per heavy atom. The molecular weight excluding hydrogens is 1140 g/mol. The van der Waals surface area contributed by atoms with Gasteiger partial charge < -0.3 is 42.6 Å². The van der Waals surface area contributed by atoms with Gasteiger partial charge in [-0.15, -0.1) is 0 Å². The van der Waals surface area contributed by atoms with Crippen molar-refractivity contribution in [2.45, 2.75) is 399 Å². The maximum Gasteiger partial charge on any atom is 0.356 e. The van der Waals surface area contributed by atoms with Gasteiger partial charge in [-0.25, -0.2) is 0 Å². The number of ether oxygens (including phenoxy) is 6. The van der Waals surface area contributed by atoms with Crippen LogP contribution in [0.1, 0.15) is 357 Å². The molecule has 87 heavy (non-hydrogen) atoms. The molecule has 2 unspecified atom stereocenters. The van der Waals surface area contributed by atoms with Crippen LogP contribution in [0.2, 0.25) is 18.1 Å². The van der Waals surface area contributed by atoms with Crippen LogP contribution in [0.4, 0.5) is 0 Å². The Kier molecular flexibility index (Phi) is 56.7. The Morgan fingerprint density at radius 3 is 0.885 bits per heavy atom. The van der Waals surface area contributed by atoms with Gasteiger partial charge in [0.15, 0.2) is 26.4 Å². The molecule has 0 aliphatic heterocycles. The molecule has 0 fully saturated rings. The smallest absolute Gasteiger partial charge is 0.356 e. The number of esters is 4. The van der Waals surface area contributed by atoms with Gasteiger partial charge in [0.2, 0.25) is 0 Å². The fourth-order valence-electron chi connectivity index (χ4n) is 10.6. The maximum atomic E-state index is 13.6. The van der Waals surface area contributed by atoms with E-state index in [2.05, 4.69) is 27.7 Å². The highest BCUT2D eigenvalue weighted by atomic mass is 31.2. The molecule has 0 saturated carbocycles. The number of rotatable bonds is 65. The predicted molar refractivity (Wildman–Crippen MR) is 361 cm³/mol. The number of hydrogen-bond acceptors (Lipinski definition) is 12. The molecule has 516 valence electrons. The molecular formula is C71H139O14PSi. The van der Waals surface area contributed by atoms with Gasteiger partial charge in [0.05, 0.1) is 19.8 Å². The third-order valence-electron chi connectivity index (χ3n) is 17.3. The SMILES string of the molecule is CCCCCCCCCCCCCC(=O)OC[C@H](COC(C(COC[C@@H](COC(=O)CCCCCCCCCCCCC)OC(=O)CCCCCCCCCCCCC)O[Si](C)(C)C(C)(C)C)P(=O)(O)O)OC(=O)CCCCCCCCCCCCC. The average Bonchev–Trinajstić information content (AvgIpc) is 3.47. The van der Waals surface area contributed by atoms with Crippen LogP contribution in [0.3, 0.4) is 0 Å². The highest BCUT2D eigenvalue weighted by molar-refractivity contribution is 7.52. The van der Waals surface area contributed by atoms with Crippen LogP contribution in [0.25, 0.3) is 0 Å². The lowest BCUT2D eigenvalue weighted by molar-refractivity contribution is -0.166. The molecule has 0 heterocycles. The number of unbranched alkanes of at least 4 members (excludes halogenated alkanes) is 40. The number of hydrogen-bond donors (Lipinski definition) is 2. The van der Waals surface area contributed by atoms with E-state index in [4.69, 9.17) is 32.8 Å². The van der Waals surface area contributed by atoms with Crippen molar-refractivity contribution >= 4 is 39.8 Å². The van der Waals surface area contributed by atoms with Gasteiger partial charge in [0.25, 0.3) is 0 Å². The monoisotopic (exact) mass is 1270 g/mol. The van der Waals surface area contributed by atoms with Crippen LogP contribution < -0.4 is 0 Å². The normalized spacial score (nSPS) is 13.6. The van der Waals surface area contributed by atoms with Crippen molar-refractivity contribution in [3.63, 3.8) is 0 Å². The zero-order valence-corrected chi connectivity index (χ0v) is 59.9. The van der Waals surface area contributed by atoms with E-state index in [1.165, 1.54) is 180 Å². The minimum Gasteiger partial charge on any atom is -0.462 e. The van der Waals surface area contributed by atoms with Crippen molar-refractivity contribution in [1.82, 2.24) is 0 Å². The summed E-state index contributed by atoms with van der Waals surface area (Å²) in [5.41, 5.74) is 0. The molecule has 0 radical (unpaired) electrons. The molecule has 0 aliphatic carbocycles. The molecule has 0 aromatic carbocycles. The molecule has 14 nitrogen and oxygen atoms in total. The van der Waals surface area contributed by atoms with Crippen molar-refractivity contribution in [2.24, 2.45) is 0 Å². The lowest BCUT2D eigenvalue weighted by Gasteiger charge is -2.41. The number of carbonyl (C=O) groups excluding carboxylic acids is 4. The summed E-state index contributed by atoms with van der Waals surface area (Å²) in [6, 6.07) is 0. The standard InChI is InChI=1S/C71H139O14PSi/c1-10-14-18-22-26-30-34-38-42-46-50-54-66(72)80-59-63(83-68(74)56-52-48-44-40-36-32-28-24-20-16-12-3)58-79-62-65(85-87(8,9)71(5,6)7)70(86(76,77)78)82-61-64(84-69(75)57-53-49-45-41-37-33-29-25-21-17-13-4)60-81-67(73)55-51-47-43-39-35-31-27-23-19-15-11-2/h63-65,70H,10-62H2,1-9H3,(H2,76,77,78)/t63-,64+,65?,70?/m0/s1. The predicted octanol–water partition coefficient (Wildman–Crippen LogP) is 20.6. The van der Waals surface area contributed by atoms with Crippen LogP contribution in [-0.4, -0.2) is 99.2 Å². The Hall–Kier alpha value is -1.87. The topological polar surface area (TPSA) is 190 Å². The van der Waals surface area contributed by atoms with Crippen molar-refractivity contribution in [2.75, 3.05) is 33.0 Å². The van der Waals surface area contributed by atoms with Crippen LogP contribution >= 0.6 is 7.60 Å². The Balaban J connectivity index is 6.15. The van der Waals surface area contributed by atoms with Gasteiger partial charge in [0, 0.05) is 25.7 Å². The molecule has 0 amide bonds. The third-order valence-corrected chi connectivity index (χ3v) is 23.0. The molecule has 4 atom stereocenters. The summed E-state index contributed by atoms with van der Waals surface area (Å²) in [5.74, 6) is -3.65. The lowest BCUT2D eigenvalue weighted by Crippen LogP contribution is -2.50. The van der Waals surface area contributed by atoms with Crippen molar-refractivity contribution in [3.8, 4) is 0 Å². The van der Waals surface area contributed by atoms with Gasteiger partial charge in [-0.2, -0.15) is 0 Å². The first-order valence-electron chi connectivity index (χ1n) is 36.4.